The van der Waals surface area contributed by atoms with Gasteiger partial charge in [-0.3, -0.25) is 11.3 Å². The van der Waals surface area contributed by atoms with Crippen molar-refractivity contribution in [3.8, 4) is 0 Å². The lowest BCUT2D eigenvalue weighted by Gasteiger charge is -2.36. The molecule has 0 spiro atoms. The quantitative estimate of drug-likeness (QED) is 0.636. The minimum Gasteiger partial charge on any atom is -0.271 e. The number of thiophene rings is 1. The molecule has 2 nitrogen and oxygen atoms in total. The summed E-state index contributed by atoms with van der Waals surface area (Å²) in [5, 5.41) is 3.68. The molecule has 3 unspecified atom stereocenters. The Labute approximate surface area is 125 Å². The Bertz CT molecular complexity index is 563. The molecule has 1 aliphatic carbocycles. The summed E-state index contributed by atoms with van der Waals surface area (Å²) < 4.78 is 1.37. The molecule has 1 heterocycles. The normalized spacial score (nSPS) is 24.9. The summed E-state index contributed by atoms with van der Waals surface area (Å²) in [5.41, 5.74) is 4.54. The van der Waals surface area contributed by atoms with Gasteiger partial charge in [-0.05, 0) is 40.7 Å². The maximum atomic E-state index is 5.96. The van der Waals surface area contributed by atoms with Crippen molar-refractivity contribution in [2.45, 2.75) is 45.1 Å². The van der Waals surface area contributed by atoms with E-state index in [-0.39, 0.29) is 0 Å². The van der Waals surface area contributed by atoms with Crippen LogP contribution in [0, 0.1) is 11.8 Å². The summed E-state index contributed by atoms with van der Waals surface area (Å²) in [7, 11) is 0. The number of hydrogen-bond acceptors (Lipinski definition) is 3. The van der Waals surface area contributed by atoms with E-state index in [2.05, 4.69) is 42.0 Å². The van der Waals surface area contributed by atoms with Crippen molar-refractivity contribution in [3.05, 3.63) is 35.2 Å². The van der Waals surface area contributed by atoms with Gasteiger partial charge in [-0.2, -0.15) is 0 Å². The molecule has 1 aliphatic rings. The van der Waals surface area contributed by atoms with Crippen LogP contribution in [-0.2, 0) is 0 Å². The molecule has 1 aromatic carbocycles. The third-order valence-corrected chi connectivity index (χ3v) is 5.93. The molecule has 3 N–H and O–H groups in total. The minimum atomic E-state index is 0.302. The molecule has 20 heavy (non-hydrogen) atoms. The van der Waals surface area contributed by atoms with Gasteiger partial charge in [0.05, 0.1) is 6.04 Å². The number of rotatable bonds is 4. The monoisotopic (exact) mass is 288 g/mol. The van der Waals surface area contributed by atoms with Gasteiger partial charge >= 0.3 is 0 Å². The Hall–Kier alpha value is -0.900. The van der Waals surface area contributed by atoms with Crippen LogP contribution in [0.4, 0.5) is 0 Å². The van der Waals surface area contributed by atoms with Gasteiger partial charge in [0, 0.05) is 4.70 Å². The number of fused-ring (bicyclic) bond motifs is 1. The Morgan fingerprint density at radius 1 is 1.30 bits per heavy atom. The molecule has 3 atom stereocenters. The molecule has 3 heteroatoms. The predicted octanol–water partition coefficient (Wildman–Crippen LogP) is 4.62. The van der Waals surface area contributed by atoms with Gasteiger partial charge in [0.25, 0.3) is 0 Å². The van der Waals surface area contributed by atoms with Crippen molar-refractivity contribution in [1.82, 2.24) is 5.43 Å². The maximum absolute atomic E-state index is 5.96. The summed E-state index contributed by atoms with van der Waals surface area (Å²) in [6, 6.07) is 8.98. The molecule has 1 saturated carbocycles. The zero-order valence-electron chi connectivity index (χ0n) is 12.1. The van der Waals surface area contributed by atoms with E-state index in [1.807, 2.05) is 11.3 Å². The van der Waals surface area contributed by atoms with Crippen molar-refractivity contribution < 1.29 is 0 Å². The molecule has 108 valence electrons. The first-order chi connectivity index (χ1) is 9.85. The second-order valence-corrected chi connectivity index (χ2v) is 6.86. The molecule has 2 aromatic rings. The van der Waals surface area contributed by atoms with E-state index >= 15 is 0 Å². The van der Waals surface area contributed by atoms with Crippen molar-refractivity contribution >= 4 is 21.4 Å². The van der Waals surface area contributed by atoms with E-state index in [9.17, 15) is 0 Å². The fourth-order valence-electron chi connectivity index (χ4n) is 3.87. The van der Waals surface area contributed by atoms with Gasteiger partial charge < -0.3 is 0 Å². The molecule has 0 amide bonds. The number of nitrogens with one attached hydrogen (secondary N) is 1. The third kappa shape index (κ3) is 2.50. The Morgan fingerprint density at radius 3 is 2.90 bits per heavy atom. The highest BCUT2D eigenvalue weighted by Crippen LogP contribution is 2.42. The van der Waals surface area contributed by atoms with E-state index < -0.39 is 0 Å². The van der Waals surface area contributed by atoms with Crippen LogP contribution in [0.5, 0.6) is 0 Å². The summed E-state index contributed by atoms with van der Waals surface area (Å²) >= 11 is 1.83. The van der Waals surface area contributed by atoms with Crippen molar-refractivity contribution in [2.24, 2.45) is 17.7 Å². The SMILES string of the molecule is CCC1CCCCC1C(NN)c1csc2ccccc12. The van der Waals surface area contributed by atoms with Gasteiger partial charge in [0.2, 0.25) is 0 Å². The van der Waals surface area contributed by atoms with Crippen LogP contribution in [-0.4, -0.2) is 0 Å². The molecular weight excluding hydrogens is 264 g/mol. The minimum absolute atomic E-state index is 0.302. The van der Waals surface area contributed by atoms with Crippen LogP contribution in [0.1, 0.15) is 50.6 Å². The lowest BCUT2D eigenvalue weighted by molar-refractivity contribution is 0.177. The second kappa shape index (κ2) is 6.25. The topological polar surface area (TPSA) is 38.0 Å². The highest BCUT2D eigenvalue weighted by Gasteiger charge is 2.32. The summed E-state index contributed by atoms with van der Waals surface area (Å²) in [5.74, 6) is 7.44. The van der Waals surface area contributed by atoms with Crippen LogP contribution in [0.2, 0.25) is 0 Å². The lowest BCUT2D eigenvalue weighted by Crippen LogP contribution is -2.38. The van der Waals surface area contributed by atoms with E-state index in [1.165, 1.54) is 47.8 Å². The zero-order chi connectivity index (χ0) is 13.9. The predicted molar refractivity (Wildman–Crippen MR) is 87.6 cm³/mol. The summed E-state index contributed by atoms with van der Waals surface area (Å²) in [6.07, 6.45) is 6.67. The Balaban J connectivity index is 1.96. The van der Waals surface area contributed by atoms with Crippen LogP contribution < -0.4 is 11.3 Å². The van der Waals surface area contributed by atoms with E-state index in [4.69, 9.17) is 5.84 Å². The molecule has 3 rings (SSSR count). The van der Waals surface area contributed by atoms with Crippen LogP contribution in [0.25, 0.3) is 10.1 Å². The van der Waals surface area contributed by atoms with Gasteiger partial charge in [0.1, 0.15) is 0 Å². The summed E-state index contributed by atoms with van der Waals surface area (Å²) in [4.78, 5) is 0. The van der Waals surface area contributed by atoms with Crippen molar-refractivity contribution in [2.75, 3.05) is 0 Å². The van der Waals surface area contributed by atoms with Gasteiger partial charge in [-0.25, -0.2) is 0 Å². The number of hydrazine groups is 1. The first kappa shape index (κ1) is 14.1. The average molecular weight is 288 g/mol. The first-order valence-corrected chi connectivity index (χ1v) is 8.65. The van der Waals surface area contributed by atoms with Gasteiger partial charge in [0.15, 0.2) is 0 Å². The Kier molecular flexibility index (Phi) is 4.39. The average Bonchev–Trinajstić information content (AvgIpc) is 2.93. The third-order valence-electron chi connectivity index (χ3n) is 4.95. The molecule has 1 fully saturated rings. The van der Waals surface area contributed by atoms with Crippen LogP contribution in [0.15, 0.2) is 29.6 Å². The van der Waals surface area contributed by atoms with Crippen LogP contribution in [0.3, 0.4) is 0 Å². The highest BCUT2D eigenvalue weighted by atomic mass is 32.1. The molecule has 0 radical (unpaired) electrons. The van der Waals surface area contributed by atoms with Crippen LogP contribution >= 0.6 is 11.3 Å². The van der Waals surface area contributed by atoms with Crippen molar-refractivity contribution in [3.63, 3.8) is 0 Å². The Morgan fingerprint density at radius 2 is 2.10 bits per heavy atom. The molecule has 0 bridgehead atoms. The van der Waals surface area contributed by atoms with E-state index in [0.29, 0.717) is 12.0 Å². The smallest absolute Gasteiger partial charge is 0.0505 e. The first-order valence-electron chi connectivity index (χ1n) is 7.77. The molecule has 0 aliphatic heterocycles. The van der Waals surface area contributed by atoms with E-state index in [0.717, 1.165) is 5.92 Å². The van der Waals surface area contributed by atoms with Gasteiger partial charge in [-0.1, -0.05) is 50.8 Å². The highest BCUT2D eigenvalue weighted by molar-refractivity contribution is 7.17. The second-order valence-electron chi connectivity index (χ2n) is 5.95. The number of nitrogens with two attached hydrogens (primary N) is 1. The largest absolute Gasteiger partial charge is 0.271 e. The zero-order valence-corrected chi connectivity index (χ0v) is 13.0. The van der Waals surface area contributed by atoms with Gasteiger partial charge in [-0.15, -0.1) is 11.3 Å². The summed E-state index contributed by atoms with van der Waals surface area (Å²) in [6.45, 7) is 2.32. The standard InChI is InChI=1S/C17H24N2S/c1-2-12-7-3-4-8-13(12)17(19-18)15-11-20-16-10-6-5-9-14(15)16/h5-6,9-13,17,19H,2-4,7-8,18H2,1H3. The number of benzene rings is 1. The lowest BCUT2D eigenvalue weighted by atomic mass is 9.72. The maximum Gasteiger partial charge on any atom is 0.0505 e. The fourth-order valence-corrected chi connectivity index (χ4v) is 4.86. The molecule has 1 aromatic heterocycles. The fraction of sp³-hybridized carbons (Fsp3) is 0.529. The van der Waals surface area contributed by atoms with Crippen molar-refractivity contribution in [1.29, 1.82) is 0 Å². The molecule has 0 saturated heterocycles. The molecular formula is C17H24N2S. The number of hydrogen-bond donors (Lipinski definition) is 2. The van der Waals surface area contributed by atoms with E-state index in [1.54, 1.807) is 0 Å².